The fourth-order valence-corrected chi connectivity index (χ4v) is 3.99. The number of carbonyl (C=O) groups is 3. The summed E-state index contributed by atoms with van der Waals surface area (Å²) >= 11 is 0. The van der Waals surface area contributed by atoms with Crippen LogP contribution in [0.3, 0.4) is 0 Å². The molecule has 2 aliphatic rings. The van der Waals surface area contributed by atoms with Crippen LogP contribution in [0.15, 0.2) is 54.6 Å². The van der Waals surface area contributed by atoms with Crippen molar-refractivity contribution < 1.29 is 14.4 Å². The Kier molecular flexibility index (Phi) is 4.18. The Morgan fingerprint density at radius 1 is 1.15 bits per heavy atom. The summed E-state index contributed by atoms with van der Waals surface area (Å²) in [5.74, 6) is -0.710. The van der Waals surface area contributed by atoms with Gasteiger partial charge in [-0.1, -0.05) is 54.6 Å². The van der Waals surface area contributed by atoms with Crippen LogP contribution in [-0.4, -0.2) is 29.3 Å². The number of aryl methyl sites for hydroxylation is 1. The summed E-state index contributed by atoms with van der Waals surface area (Å²) in [5, 5.41) is 5.68. The van der Waals surface area contributed by atoms with Gasteiger partial charge >= 0.3 is 6.03 Å². The van der Waals surface area contributed by atoms with Crippen molar-refractivity contribution in [2.24, 2.45) is 0 Å². The Morgan fingerprint density at radius 3 is 2.63 bits per heavy atom. The molecule has 1 fully saturated rings. The summed E-state index contributed by atoms with van der Waals surface area (Å²) in [6.45, 7) is 1.58. The number of rotatable bonds is 4. The van der Waals surface area contributed by atoms with Gasteiger partial charge in [0.1, 0.15) is 12.1 Å². The van der Waals surface area contributed by atoms with Crippen LogP contribution in [0, 0.1) is 0 Å². The highest BCUT2D eigenvalue weighted by Crippen LogP contribution is 2.41. The predicted molar refractivity (Wildman–Crippen MR) is 99.7 cm³/mol. The van der Waals surface area contributed by atoms with Gasteiger partial charge in [0.15, 0.2) is 0 Å². The van der Waals surface area contributed by atoms with Gasteiger partial charge in [-0.05, 0) is 36.5 Å². The summed E-state index contributed by atoms with van der Waals surface area (Å²) < 4.78 is 0. The van der Waals surface area contributed by atoms with Crippen molar-refractivity contribution in [2.45, 2.75) is 31.3 Å². The van der Waals surface area contributed by atoms with Crippen molar-refractivity contribution in [3.05, 3.63) is 71.3 Å². The number of hydrogen-bond acceptors (Lipinski definition) is 3. The van der Waals surface area contributed by atoms with E-state index in [4.69, 9.17) is 0 Å². The van der Waals surface area contributed by atoms with Crippen molar-refractivity contribution >= 4 is 17.8 Å². The van der Waals surface area contributed by atoms with Crippen molar-refractivity contribution in [1.29, 1.82) is 0 Å². The quantitative estimate of drug-likeness (QED) is 0.818. The van der Waals surface area contributed by atoms with E-state index in [-0.39, 0.29) is 24.4 Å². The number of nitrogens with zero attached hydrogens (tertiary/aromatic N) is 1. The molecule has 138 valence electrons. The fourth-order valence-electron chi connectivity index (χ4n) is 3.99. The van der Waals surface area contributed by atoms with Crippen LogP contribution in [0.5, 0.6) is 0 Å². The molecule has 4 rings (SSSR count). The average Bonchev–Trinajstić information content (AvgIpc) is 3.16. The number of amides is 4. The molecule has 1 spiro atoms. The summed E-state index contributed by atoms with van der Waals surface area (Å²) in [6, 6.07) is 16.5. The normalized spacial score (nSPS) is 21.9. The average molecular weight is 363 g/mol. The fraction of sp³-hybridized carbons (Fsp3) is 0.286. The van der Waals surface area contributed by atoms with Gasteiger partial charge in [0, 0.05) is 0 Å². The maximum absolute atomic E-state index is 13.1. The summed E-state index contributed by atoms with van der Waals surface area (Å²) in [6.07, 6.45) is 1.25. The van der Waals surface area contributed by atoms with E-state index in [9.17, 15) is 14.4 Å². The van der Waals surface area contributed by atoms with E-state index in [1.54, 1.807) is 0 Å². The van der Waals surface area contributed by atoms with Gasteiger partial charge in [0.25, 0.3) is 5.91 Å². The zero-order chi connectivity index (χ0) is 19.0. The second-order valence-corrected chi connectivity index (χ2v) is 7.08. The highest BCUT2D eigenvalue weighted by molar-refractivity contribution is 6.09. The lowest BCUT2D eigenvalue weighted by Crippen LogP contribution is -2.44. The minimum Gasteiger partial charge on any atom is -0.348 e. The summed E-state index contributed by atoms with van der Waals surface area (Å²) in [5.41, 5.74) is 1.84. The van der Waals surface area contributed by atoms with Crippen LogP contribution in [0.2, 0.25) is 0 Å². The predicted octanol–water partition coefficient (Wildman–Crippen LogP) is 2.26. The first-order chi connectivity index (χ1) is 13.0. The molecule has 0 saturated carbocycles. The standard InChI is InChI=1S/C21H21N3O3/c1-14(15-7-3-2-4-8-15)22-18(25)13-24-19(26)21(23-20(24)27)12-11-16-9-5-6-10-17(16)21/h2-10,14H,11-13H2,1H3,(H,22,25)(H,23,27)/t14-,21+/m0/s1. The first-order valence-corrected chi connectivity index (χ1v) is 9.08. The zero-order valence-corrected chi connectivity index (χ0v) is 15.1. The molecule has 6 heteroatoms. The van der Waals surface area contributed by atoms with Crippen molar-refractivity contribution in [3.63, 3.8) is 0 Å². The Morgan fingerprint density at radius 2 is 1.85 bits per heavy atom. The summed E-state index contributed by atoms with van der Waals surface area (Å²) in [4.78, 5) is 39.0. The van der Waals surface area contributed by atoms with Gasteiger partial charge in [0.05, 0.1) is 6.04 Å². The number of hydrogen-bond donors (Lipinski definition) is 2. The molecular formula is C21H21N3O3. The minimum absolute atomic E-state index is 0.208. The molecule has 2 atom stereocenters. The van der Waals surface area contributed by atoms with Crippen LogP contribution in [-0.2, 0) is 21.5 Å². The van der Waals surface area contributed by atoms with Crippen LogP contribution in [0.1, 0.15) is 36.1 Å². The molecule has 2 aromatic rings. The van der Waals surface area contributed by atoms with E-state index in [1.165, 1.54) is 0 Å². The Labute approximate surface area is 157 Å². The molecule has 1 aliphatic carbocycles. The highest BCUT2D eigenvalue weighted by atomic mass is 16.2. The summed E-state index contributed by atoms with van der Waals surface area (Å²) in [7, 11) is 0. The van der Waals surface area contributed by atoms with E-state index in [2.05, 4.69) is 10.6 Å². The lowest BCUT2D eigenvalue weighted by atomic mass is 9.92. The van der Waals surface area contributed by atoms with E-state index in [0.29, 0.717) is 6.42 Å². The maximum Gasteiger partial charge on any atom is 0.325 e. The minimum atomic E-state index is -1.03. The molecule has 2 N–H and O–H groups in total. The molecular weight excluding hydrogens is 342 g/mol. The monoisotopic (exact) mass is 363 g/mol. The molecule has 1 heterocycles. The van der Waals surface area contributed by atoms with Crippen LogP contribution < -0.4 is 10.6 Å². The van der Waals surface area contributed by atoms with Gasteiger partial charge in [-0.3, -0.25) is 14.5 Å². The van der Waals surface area contributed by atoms with Gasteiger partial charge in [-0.25, -0.2) is 4.79 Å². The molecule has 0 aromatic heterocycles. The van der Waals surface area contributed by atoms with E-state index in [0.717, 1.165) is 28.0 Å². The lowest BCUT2D eigenvalue weighted by Gasteiger charge is -2.22. The Bertz CT molecular complexity index is 912. The number of fused-ring (bicyclic) bond motifs is 2. The van der Waals surface area contributed by atoms with Gasteiger partial charge in [-0.2, -0.15) is 0 Å². The molecule has 2 aromatic carbocycles. The van der Waals surface area contributed by atoms with Gasteiger partial charge in [-0.15, -0.1) is 0 Å². The second kappa shape index (κ2) is 6.54. The topological polar surface area (TPSA) is 78.5 Å². The Hall–Kier alpha value is -3.15. The van der Waals surface area contributed by atoms with Crippen molar-refractivity contribution in [1.82, 2.24) is 15.5 Å². The van der Waals surface area contributed by atoms with Crippen LogP contribution in [0.4, 0.5) is 4.79 Å². The first kappa shape index (κ1) is 17.3. The number of carbonyl (C=O) groups excluding carboxylic acids is 3. The molecule has 6 nitrogen and oxygen atoms in total. The zero-order valence-electron chi connectivity index (χ0n) is 15.1. The number of urea groups is 1. The van der Waals surface area contributed by atoms with Gasteiger partial charge < -0.3 is 10.6 Å². The molecule has 1 saturated heterocycles. The molecule has 4 amide bonds. The van der Waals surface area contributed by atoms with E-state index >= 15 is 0 Å². The third kappa shape index (κ3) is 2.87. The third-order valence-corrected chi connectivity index (χ3v) is 5.40. The number of benzene rings is 2. The Balaban J connectivity index is 1.48. The maximum atomic E-state index is 13.1. The highest BCUT2D eigenvalue weighted by Gasteiger charge is 2.55. The second-order valence-electron chi connectivity index (χ2n) is 7.08. The molecule has 27 heavy (non-hydrogen) atoms. The van der Waals surface area contributed by atoms with Crippen LogP contribution >= 0.6 is 0 Å². The third-order valence-electron chi connectivity index (χ3n) is 5.40. The van der Waals surface area contributed by atoms with E-state index in [1.807, 2.05) is 61.5 Å². The molecule has 0 unspecified atom stereocenters. The molecule has 0 bridgehead atoms. The largest absolute Gasteiger partial charge is 0.348 e. The molecule has 0 radical (unpaired) electrons. The van der Waals surface area contributed by atoms with Crippen LogP contribution in [0.25, 0.3) is 0 Å². The van der Waals surface area contributed by atoms with E-state index < -0.39 is 11.6 Å². The van der Waals surface area contributed by atoms with Crippen molar-refractivity contribution in [2.75, 3.05) is 6.54 Å². The first-order valence-electron chi connectivity index (χ1n) is 9.08. The van der Waals surface area contributed by atoms with Crippen molar-refractivity contribution in [3.8, 4) is 0 Å². The SMILES string of the molecule is C[C@H](NC(=O)CN1C(=O)N[C@@]2(CCc3ccccc32)C1=O)c1ccccc1. The number of imide groups is 1. The molecule has 1 aliphatic heterocycles. The van der Waals surface area contributed by atoms with Gasteiger partial charge in [0.2, 0.25) is 5.91 Å². The number of nitrogens with one attached hydrogen (secondary N) is 2. The lowest BCUT2D eigenvalue weighted by molar-refractivity contribution is -0.135. The smallest absolute Gasteiger partial charge is 0.325 e.